The van der Waals surface area contributed by atoms with Gasteiger partial charge in [-0.15, -0.1) is 0 Å². The summed E-state index contributed by atoms with van der Waals surface area (Å²) in [5, 5.41) is 8.93. The van der Waals surface area contributed by atoms with Crippen LogP contribution in [0.25, 0.3) is 0 Å². The van der Waals surface area contributed by atoms with Crippen molar-refractivity contribution in [1.29, 1.82) is 0 Å². The number of rotatable bonds is 6. The minimum Gasteiger partial charge on any atom is -0.489 e. The normalized spacial score (nSPS) is 17.5. The van der Waals surface area contributed by atoms with Crippen molar-refractivity contribution in [2.24, 2.45) is 5.92 Å². The SMILES string of the molecule is CC(C)CC(=O)N1CCC[C@H]1COc1ccc(C(=O)O)cc1N. The van der Waals surface area contributed by atoms with Crippen molar-refractivity contribution in [3.63, 3.8) is 0 Å². The zero-order valence-corrected chi connectivity index (χ0v) is 13.6. The van der Waals surface area contributed by atoms with Gasteiger partial charge >= 0.3 is 5.97 Å². The molecular weight excluding hydrogens is 296 g/mol. The molecule has 6 nitrogen and oxygen atoms in total. The van der Waals surface area contributed by atoms with Crippen molar-refractivity contribution in [2.75, 3.05) is 18.9 Å². The molecule has 0 saturated carbocycles. The fraction of sp³-hybridized carbons (Fsp3) is 0.529. The molecular formula is C17H24N2O4. The number of nitrogens with zero attached hydrogens (tertiary/aromatic N) is 1. The number of nitrogens with two attached hydrogens (primary N) is 1. The first-order valence-corrected chi connectivity index (χ1v) is 7.93. The third-order valence-corrected chi connectivity index (χ3v) is 3.97. The van der Waals surface area contributed by atoms with E-state index < -0.39 is 5.97 Å². The van der Waals surface area contributed by atoms with E-state index in [1.165, 1.54) is 12.1 Å². The van der Waals surface area contributed by atoms with E-state index in [0.717, 1.165) is 19.4 Å². The third-order valence-electron chi connectivity index (χ3n) is 3.97. The highest BCUT2D eigenvalue weighted by atomic mass is 16.5. The molecule has 1 aromatic carbocycles. The molecule has 1 aromatic rings. The molecule has 23 heavy (non-hydrogen) atoms. The molecule has 1 aliphatic heterocycles. The maximum absolute atomic E-state index is 12.2. The number of aromatic carboxylic acids is 1. The predicted molar refractivity (Wildman–Crippen MR) is 87.5 cm³/mol. The lowest BCUT2D eigenvalue weighted by Crippen LogP contribution is -2.39. The van der Waals surface area contributed by atoms with Gasteiger partial charge in [0.05, 0.1) is 17.3 Å². The maximum atomic E-state index is 12.2. The van der Waals surface area contributed by atoms with Gasteiger partial charge < -0.3 is 20.5 Å². The summed E-state index contributed by atoms with van der Waals surface area (Å²) in [6.45, 7) is 5.21. The molecule has 0 unspecified atom stereocenters. The number of ether oxygens (including phenoxy) is 1. The Morgan fingerprint density at radius 1 is 1.43 bits per heavy atom. The van der Waals surface area contributed by atoms with Gasteiger partial charge in [0, 0.05) is 13.0 Å². The number of anilines is 1. The fourth-order valence-corrected chi connectivity index (χ4v) is 2.80. The van der Waals surface area contributed by atoms with Crippen LogP contribution >= 0.6 is 0 Å². The Kier molecular flexibility index (Phi) is 5.47. The number of amides is 1. The number of carboxylic acid groups (broad SMARTS) is 1. The van der Waals surface area contributed by atoms with Crippen LogP contribution < -0.4 is 10.5 Å². The third kappa shape index (κ3) is 4.37. The zero-order chi connectivity index (χ0) is 17.0. The first kappa shape index (κ1) is 17.1. The minimum absolute atomic E-state index is 0.0554. The van der Waals surface area contributed by atoms with E-state index in [-0.39, 0.29) is 17.5 Å². The van der Waals surface area contributed by atoms with Gasteiger partial charge in [-0.2, -0.15) is 0 Å². The van der Waals surface area contributed by atoms with Gasteiger partial charge in [0.15, 0.2) is 0 Å². The van der Waals surface area contributed by atoms with Crippen LogP contribution in [0.15, 0.2) is 18.2 Å². The minimum atomic E-state index is -1.02. The van der Waals surface area contributed by atoms with Crippen LogP contribution in [0.2, 0.25) is 0 Å². The Morgan fingerprint density at radius 3 is 2.78 bits per heavy atom. The van der Waals surface area contributed by atoms with Gasteiger partial charge in [-0.3, -0.25) is 4.79 Å². The first-order valence-electron chi connectivity index (χ1n) is 7.93. The lowest BCUT2D eigenvalue weighted by molar-refractivity contribution is -0.133. The van der Waals surface area contributed by atoms with Crippen LogP contribution in [0.4, 0.5) is 5.69 Å². The molecule has 126 valence electrons. The Labute approximate surface area is 136 Å². The molecule has 1 aliphatic rings. The number of likely N-dealkylation sites (tertiary alicyclic amines) is 1. The maximum Gasteiger partial charge on any atom is 0.335 e. The van der Waals surface area contributed by atoms with Crippen LogP contribution in [0, 0.1) is 5.92 Å². The number of carbonyl (C=O) groups is 2. The van der Waals surface area contributed by atoms with Crippen molar-refractivity contribution in [3.05, 3.63) is 23.8 Å². The van der Waals surface area contributed by atoms with E-state index in [9.17, 15) is 9.59 Å². The van der Waals surface area contributed by atoms with Crippen LogP contribution in [-0.2, 0) is 4.79 Å². The monoisotopic (exact) mass is 320 g/mol. The number of nitrogen functional groups attached to an aromatic ring is 1. The Hall–Kier alpha value is -2.24. The highest BCUT2D eigenvalue weighted by molar-refractivity contribution is 5.89. The summed E-state index contributed by atoms with van der Waals surface area (Å²) < 4.78 is 5.73. The van der Waals surface area contributed by atoms with Gasteiger partial charge in [0.2, 0.25) is 5.91 Å². The fourth-order valence-electron chi connectivity index (χ4n) is 2.80. The average Bonchev–Trinajstić information content (AvgIpc) is 2.93. The molecule has 3 N–H and O–H groups in total. The molecule has 1 saturated heterocycles. The van der Waals surface area contributed by atoms with Crippen molar-refractivity contribution < 1.29 is 19.4 Å². The molecule has 0 spiro atoms. The molecule has 2 rings (SSSR count). The largest absolute Gasteiger partial charge is 0.489 e. The second kappa shape index (κ2) is 7.35. The molecule has 0 aromatic heterocycles. The number of carboxylic acids is 1. The average molecular weight is 320 g/mol. The Bertz CT molecular complexity index is 586. The van der Waals surface area contributed by atoms with Gasteiger partial charge in [-0.25, -0.2) is 4.79 Å². The second-order valence-corrected chi connectivity index (χ2v) is 6.35. The molecule has 1 atom stereocenters. The van der Waals surface area contributed by atoms with Gasteiger partial charge in [0.1, 0.15) is 12.4 Å². The zero-order valence-electron chi connectivity index (χ0n) is 13.6. The summed E-state index contributed by atoms with van der Waals surface area (Å²) in [4.78, 5) is 25.0. The molecule has 6 heteroatoms. The van der Waals surface area contributed by atoms with E-state index in [0.29, 0.717) is 30.4 Å². The summed E-state index contributed by atoms with van der Waals surface area (Å²) >= 11 is 0. The van der Waals surface area contributed by atoms with Crippen molar-refractivity contribution in [2.45, 2.75) is 39.2 Å². The van der Waals surface area contributed by atoms with Crippen LogP contribution in [-0.4, -0.2) is 41.1 Å². The number of hydrogen-bond acceptors (Lipinski definition) is 4. The summed E-state index contributed by atoms with van der Waals surface area (Å²) in [5.41, 5.74) is 6.26. The highest BCUT2D eigenvalue weighted by Crippen LogP contribution is 2.25. The standard InChI is InChI=1S/C17H24N2O4/c1-11(2)8-16(20)19-7-3-4-13(19)10-23-15-6-5-12(17(21)22)9-14(15)18/h5-6,9,11,13H,3-4,7-8,10,18H2,1-2H3,(H,21,22)/t13-/m0/s1. The topological polar surface area (TPSA) is 92.9 Å². The van der Waals surface area contributed by atoms with Gasteiger partial charge in [-0.1, -0.05) is 13.8 Å². The van der Waals surface area contributed by atoms with Crippen molar-refractivity contribution in [1.82, 2.24) is 4.90 Å². The second-order valence-electron chi connectivity index (χ2n) is 6.35. The molecule has 1 heterocycles. The van der Waals surface area contributed by atoms with E-state index in [1.807, 2.05) is 18.7 Å². The summed E-state index contributed by atoms with van der Waals surface area (Å²) in [6, 6.07) is 4.46. The quantitative estimate of drug-likeness (QED) is 0.785. The smallest absolute Gasteiger partial charge is 0.335 e. The van der Waals surface area contributed by atoms with Crippen LogP contribution in [0.1, 0.15) is 43.5 Å². The Balaban J connectivity index is 1.97. The van der Waals surface area contributed by atoms with E-state index in [2.05, 4.69) is 0 Å². The first-order chi connectivity index (χ1) is 10.9. The highest BCUT2D eigenvalue weighted by Gasteiger charge is 2.29. The summed E-state index contributed by atoms with van der Waals surface area (Å²) in [5.74, 6) is -0.0631. The number of carbonyl (C=O) groups excluding carboxylic acids is 1. The van der Waals surface area contributed by atoms with Crippen LogP contribution in [0.5, 0.6) is 5.75 Å². The van der Waals surface area contributed by atoms with Gasteiger partial charge in [0.25, 0.3) is 0 Å². The molecule has 1 fully saturated rings. The molecule has 0 bridgehead atoms. The molecule has 1 amide bonds. The van der Waals surface area contributed by atoms with E-state index in [4.69, 9.17) is 15.6 Å². The summed E-state index contributed by atoms with van der Waals surface area (Å²) in [6.07, 6.45) is 2.44. The van der Waals surface area contributed by atoms with Crippen LogP contribution in [0.3, 0.4) is 0 Å². The van der Waals surface area contributed by atoms with E-state index >= 15 is 0 Å². The number of hydrogen-bond donors (Lipinski definition) is 2. The Morgan fingerprint density at radius 2 is 2.17 bits per heavy atom. The predicted octanol–water partition coefficient (Wildman–Crippen LogP) is 2.38. The van der Waals surface area contributed by atoms with Gasteiger partial charge in [-0.05, 0) is 37.0 Å². The van der Waals surface area contributed by atoms with Crippen molar-refractivity contribution >= 4 is 17.6 Å². The molecule has 0 aliphatic carbocycles. The lowest BCUT2D eigenvalue weighted by Gasteiger charge is -2.25. The molecule has 0 radical (unpaired) electrons. The lowest BCUT2D eigenvalue weighted by atomic mass is 10.1. The number of benzene rings is 1. The van der Waals surface area contributed by atoms with E-state index in [1.54, 1.807) is 6.07 Å². The van der Waals surface area contributed by atoms with Crippen molar-refractivity contribution in [3.8, 4) is 5.75 Å². The summed E-state index contributed by atoms with van der Waals surface area (Å²) in [7, 11) is 0.